The minimum absolute atomic E-state index is 0.0885. The van der Waals surface area contributed by atoms with E-state index in [4.69, 9.17) is 14.2 Å². The van der Waals surface area contributed by atoms with Gasteiger partial charge in [-0.1, -0.05) is 216 Å². The SMILES string of the molecule is CC/C=C\C/C=C\C/C=C\CCCCCC(=O)OC(COC(=O)CCCCCCC/C=C\CCC)COC(=O)CCCCCCCCCCCCC/C=C\CCCCCCCCCC. The van der Waals surface area contributed by atoms with Gasteiger partial charge in [0.25, 0.3) is 0 Å². The van der Waals surface area contributed by atoms with Crippen LogP contribution in [0.3, 0.4) is 0 Å². The smallest absolute Gasteiger partial charge is 0.306 e. The second kappa shape index (κ2) is 52.7. The summed E-state index contributed by atoms with van der Waals surface area (Å²) in [5, 5.41) is 0. The van der Waals surface area contributed by atoms with Gasteiger partial charge < -0.3 is 14.2 Å². The third-order valence-electron chi connectivity index (χ3n) is 11.7. The summed E-state index contributed by atoms with van der Waals surface area (Å²) < 4.78 is 16.8. The molecule has 1 unspecified atom stereocenters. The highest BCUT2D eigenvalue weighted by Crippen LogP contribution is 2.15. The maximum atomic E-state index is 12.8. The van der Waals surface area contributed by atoms with E-state index in [1.54, 1.807) is 0 Å². The Hall–Kier alpha value is -2.89. The van der Waals surface area contributed by atoms with Gasteiger partial charge in [0.15, 0.2) is 6.10 Å². The first-order chi connectivity index (χ1) is 31.5. The lowest BCUT2D eigenvalue weighted by Crippen LogP contribution is -2.30. The summed E-state index contributed by atoms with van der Waals surface area (Å²) in [7, 11) is 0. The Morgan fingerprint density at radius 3 is 1.05 bits per heavy atom. The number of ether oxygens (including phenoxy) is 3. The van der Waals surface area contributed by atoms with Crippen LogP contribution in [0.4, 0.5) is 0 Å². The number of carbonyl (C=O) groups is 3. The highest BCUT2D eigenvalue weighted by Gasteiger charge is 2.19. The predicted molar refractivity (Wildman–Crippen MR) is 275 cm³/mol. The van der Waals surface area contributed by atoms with Crippen LogP contribution in [-0.2, 0) is 28.6 Å². The van der Waals surface area contributed by atoms with Gasteiger partial charge in [-0.2, -0.15) is 0 Å². The van der Waals surface area contributed by atoms with Crippen molar-refractivity contribution in [3.8, 4) is 0 Å². The molecule has 6 nitrogen and oxygen atoms in total. The summed E-state index contributed by atoms with van der Waals surface area (Å²) in [6.07, 6.45) is 65.1. The molecule has 0 aromatic heterocycles. The maximum absolute atomic E-state index is 12.8. The van der Waals surface area contributed by atoms with Crippen molar-refractivity contribution in [2.24, 2.45) is 0 Å². The van der Waals surface area contributed by atoms with E-state index in [9.17, 15) is 14.4 Å². The van der Waals surface area contributed by atoms with Crippen molar-refractivity contribution in [2.75, 3.05) is 13.2 Å². The molecule has 0 N–H and O–H groups in total. The van der Waals surface area contributed by atoms with E-state index in [1.165, 1.54) is 135 Å². The first kappa shape index (κ1) is 61.1. The zero-order chi connectivity index (χ0) is 46.5. The molecule has 0 rings (SSSR count). The molecule has 6 heteroatoms. The fourth-order valence-corrected chi connectivity index (χ4v) is 7.63. The molecule has 0 spiro atoms. The van der Waals surface area contributed by atoms with Crippen LogP contribution in [0.2, 0.25) is 0 Å². The number of esters is 3. The van der Waals surface area contributed by atoms with Crippen molar-refractivity contribution < 1.29 is 28.6 Å². The van der Waals surface area contributed by atoms with Crippen molar-refractivity contribution in [1.29, 1.82) is 0 Å². The summed E-state index contributed by atoms with van der Waals surface area (Å²) >= 11 is 0. The van der Waals surface area contributed by atoms with Gasteiger partial charge in [0.05, 0.1) is 0 Å². The Labute approximate surface area is 396 Å². The quantitative estimate of drug-likeness (QED) is 0.0262. The van der Waals surface area contributed by atoms with Gasteiger partial charge in [-0.05, 0) is 96.3 Å². The second-order valence-electron chi connectivity index (χ2n) is 18.1. The molecule has 0 saturated carbocycles. The van der Waals surface area contributed by atoms with Crippen molar-refractivity contribution >= 4 is 17.9 Å². The van der Waals surface area contributed by atoms with Crippen LogP contribution in [0.25, 0.3) is 0 Å². The molecule has 0 radical (unpaired) electrons. The van der Waals surface area contributed by atoms with E-state index >= 15 is 0 Å². The molecule has 0 aliphatic rings. The van der Waals surface area contributed by atoms with Crippen LogP contribution >= 0.6 is 0 Å². The van der Waals surface area contributed by atoms with Crippen LogP contribution in [0.5, 0.6) is 0 Å². The van der Waals surface area contributed by atoms with E-state index in [0.717, 1.165) is 96.3 Å². The molecule has 370 valence electrons. The number of allylic oxidation sites excluding steroid dienone is 10. The molecule has 0 aromatic rings. The normalized spacial score (nSPS) is 12.5. The number of rotatable bonds is 49. The standard InChI is InChI=1S/C58H102O6/c1-4-7-10-13-16-19-22-24-25-26-27-28-29-30-31-32-33-35-36-39-42-45-48-51-57(60)63-54-55(53-62-56(59)50-47-44-41-38-21-18-15-12-9-6-3)64-58(61)52-49-46-43-40-37-34-23-20-17-14-11-8-5-2/h8,11-12,15,17,20,26-27,34,37,55H,4-7,9-10,13-14,16,18-19,21-25,28-33,35-36,38-54H2,1-3H3/b11-8-,15-12-,20-17-,27-26-,37-34-. The molecule has 0 aliphatic carbocycles. The lowest BCUT2D eigenvalue weighted by molar-refractivity contribution is -0.167. The lowest BCUT2D eigenvalue weighted by Gasteiger charge is -2.18. The summed E-state index contributed by atoms with van der Waals surface area (Å²) in [6.45, 7) is 6.44. The summed E-state index contributed by atoms with van der Waals surface area (Å²) in [4.78, 5) is 37.9. The van der Waals surface area contributed by atoms with Crippen LogP contribution in [-0.4, -0.2) is 37.2 Å². The third kappa shape index (κ3) is 50.1. The molecular weight excluding hydrogens is 793 g/mol. The van der Waals surface area contributed by atoms with Crippen LogP contribution in [0.1, 0.15) is 271 Å². The van der Waals surface area contributed by atoms with Gasteiger partial charge in [0.2, 0.25) is 0 Å². The van der Waals surface area contributed by atoms with Gasteiger partial charge in [-0.25, -0.2) is 0 Å². The number of carbonyl (C=O) groups excluding carboxylic acids is 3. The van der Waals surface area contributed by atoms with Gasteiger partial charge in [-0.3, -0.25) is 14.4 Å². The highest BCUT2D eigenvalue weighted by molar-refractivity contribution is 5.71. The van der Waals surface area contributed by atoms with Gasteiger partial charge in [-0.15, -0.1) is 0 Å². The fraction of sp³-hybridized carbons (Fsp3) is 0.776. The molecule has 0 fully saturated rings. The van der Waals surface area contributed by atoms with Crippen molar-refractivity contribution in [1.82, 2.24) is 0 Å². The molecule has 1 atom stereocenters. The maximum Gasteiger partial charge on any atom is 0.306 e. The van der Waals surface area contributed by atoms with Crippen LogP contribution in [0, 0.1) is 0 Å². The van der Waals surface area contributed by atoms with Gasteiger partial charge >= 0.3 is 17.9 Å². The van der Waals surface area contributed by atoms with Crippen LogP contribution in [0.15, 0.2) is 60.8 Å². The van der Waals surface area contributed by atoms with Crippen LogP contribution < -0.4 is 0 Å². The van der Waals surface area contributed by atoms with E-state index < -0.39 is 6.10 Å². The monoisotopic (exact) mass is 895 g/mol. The molecule has 0 saturated heterocycles. The summed E-state index contributed by atoms with van der Waals surface area (Å²) in [5.74, 6) is -0.926. The van der Waals surface area contributed by atoms with E-state index in [-0.39, 0.29) is 31.1 Å². The zero-order valence-corrected chi connectivity index (χ0v) is 42.3. The van der Waals surface area contributed by atoms with E-state index in [2.05, 4.69) is 81.5 Å². The van der Waals surface area contributed by atoms with Gasteiger partial charge in [0, 0.05) is 19.3 Å². The Bertz CT molecular complexity index is 1170. The fourth-order valence-electron chi connectivity index (χ4n) is 7.63. The molecule has 0 amide bonds. The van der Waals surface area contributed by atoms with Crippen molar-refractivity contribution in [2.45, 2.75) is 277 Å². The second-order valence-corrected chi connectivity index (χ2v) is 18.1. The number of unbranched alkanes of at least 4 members (excludes halogenated alkanes) is 28. The topological polar surface area (TPSA) is 78.9 Å². The summed E-state index contributed by atoms with van der Waals surface area (Å²) in [5.41, 5.74) is 0. The zero-order valence-electron chi connectivity index (χ0n) is 42.3. The number of hydrogen-bond donors (Lipinski definition) is 0. The molecule has 0 aromatic carbocycles. The predicted octanol–water partition coefficient (Wildman–Crippen LogP) is 18.0. The lowest BCUT2D eigenvalue weighted by atomic mass is 10.0. The average Bonchev–Trinajstić information content (AvgIpc) is 3.29. The minimum Gasteiger partial charge on any atom is -0.462 e. The largest absolute Gasteiger partial charge is 0.462 e. The Morgan fingerprint density at radius 1 is 0.328 bits per heavy atom. The van der Waals surface area contributed by atoms with E-state index in [1.807, 2.05) is 0 Å². The molecule has 0 heterocycles. The molecule has 0 aliphatic heterocycles. The average molecular weight is 895 g/mol. The van der Waals surface area contributed by atoms with E-state index in [0.29, 0.717) is 19.3 Å². The summed E-state index contributed by atoms with van der Waals surface area (Å²) in [6, 6.07) is 0. The first-order valence-electron chi connectivity index (χ1n) is 27.3. The highest BCUT2D eigenvalue weighted by atomic mass is 16.6. The number of hydrogen-bond acceptors (Lipinski definition) is 6. The van der Waals surface area contributed by atoms with Crippen molar-refractivity contribution in [3.05, 3.63) is 60.8 Å². The Kier molecular flexibility index (Phi) is 50.4. The Balaban J connectivity index is 4.25. The van der Waals surface area contributed by atoms with Crippen molar-refractivity contribution in [3.63, 3.8) is 0 Å². The first-order valence-corrected chi connectivity index (χ1v) is 27.3. The van der Waals surface area contributed by atoms with Gasteiger partial charge in [0.1, 0.15) is 13.2 Å². The molecule has 0 bridgehead atoms. The molecular formula is C58H102O6. The molecule has 64 heavy (non-hydrogen) atoms. The minimum atomic E-state index is -0.791. The Morgan fingerprint density at radius 2 is 0.641 bits per heavy atom. The third-order valence-corrected chi connectivity index (χ3v) is 11.7.